The average molecular weight is 216 g/mol. The van der Waals surface area contributed by atoms with Crippen LogP contribution in [0.2, 0.25) is 0 Å². The SMILES string of the molecule is Cc1ccccc1C(=O)/C=C/CCCC=O. The van der Waals surface area contributed by atoms with Gasteiger partial charge in [0.1, 0.15) is 6.29 Å². The Morgan fingerprint density at radius 1 is 1.25 bits per heavy atom. The van der Waals surface area contributed by atoms with Gasteiger partial charge >= 0.3 is 0 Å². The second-order valence-corrected chi connectivity index (χ2v) is 3.68. The summed E-state index contributed by atoms with van der Waals surface area (Å²) in [6, 6.07) is 7.53. The van der Waals surface area contributed by atoms with Crippen LogP contribution in [0.1, 0.15) is 35.2 Å². The lowest BCUT2D eigenvalue weighted by molar-refractivity contribution is -0.107. The molecule has 0 aromatic heterocycles. The summed E-state index contributed by atoms with van der Waals surface area (Å²) in [6.45, 7) is 1.92. The van der Waals surface area contributed by atoms with Crippen molar-refractivity contribution >= 4 is 12.1 Å². The summed E-state index contributed by atoms with van der Waals surface area (Å²) in [4.78, 5) is 21.8. The molecule has 1 aromatic rings. The summed E-state index contributed by atoms with van der Waals surface area (Å²) in [5.74, 6) is 0.0317. The van der Waals surface area contributed by atoms with Crippen LogP contribution in [0, 0.1) is 6.92 Å². The van der Waals surface area contributed by atoms with Crippen molar-refractivity contribution in [2.75, 3.05) is 0 Å². The topological polar surface area (TPSA) is 34.1 Å². The highest BCUT2D eigenvalue weighted by atomic mass is 16.1. The molecule has 2 nitrogen and oxygen atoms in total. The molecule has 0 atom stereocenters. The molecule has 84 valence electrons. The smallest absolute Gasteiger partial charge is 0.185 e. The maximum absolute atomic E-state index is 11.7. The van der Waals surface area contributed by atoms with Crippen molar-refractivity contribution in [3.05, 3.63) is 47.5 Å². The highest BCUT2D eigenvalue weighted by Gasteiger charge is 2.03. The van der Waals surface area contributed by atoms with E-state index in [1.54, 1.807) is 6.08 Å². The molecule has 0 aliphatic rings. The quantitative estimate of drug-likeness (QED) is 0.317. The molecule has 0 radical (unpaired) electrons. The van der Waals surface area contributed by atoms with E-state index in [-0.39, 0.29) is 5.78 Å². The minimum Gasteiger partial charge on any atom is -0.303 e. The van der Waals surface area contributed by atoms with E-state index in [4.69, 9.17) is 0 Å². The first-order chi connectivity index (χ1) is 7.75. The summed E-state index contributed by atoms with van der Waals surface area (Å²) in [6.07, 6.45) is 6.46. The maximum atomic E-state index is 11.7. The third kappa shape index (κ3) is 3.81. The lowest BCUT2D eigenvalue weighted by Gasteiger charge is -1.99. The summed E-state index contributed by atoms with van der Waals surface area (Å²) in [5.41, 5.74) is 1.74. The van der Waals surface area contributed by atoms with Crippen LogP contribution in [0.5, 0.6) is 0 Å². The number of aldehydes is 1. The molecule has 0 bridgehead atoms. The fourth-order valence-corrected chi connectivity index (χ4v) is 1.45. The third-order valence-electron chi connectivity index (χ3n) is 2.37. The van der Waals surface area contributed by atoms with Crippen molar-refractivity contribution in [2.24, 2.45) is 0 Å². The molecule has 16 heavy (non-hydrogen) atoms. The van der Waals surface area contributed by atoms with Gasteiger partial charge < -0.3 is 4.79 Å². The number of rotatable bonds is 6. The Kier molecular flexibility index (Phi) is 5.20. The van der Waals surface area contributed by atoms with Gasteiger partial charge in [-0.1, -0.05) is 30.3 Å². The van der Waals surface area contributed by atoms with Crippen molar-refractivity contribution in [1.29, 1.82) is 0 Å². The number of aryl methyl sites for hydroxylation is 1. The Bertz CT molecular complexity index is 391. The molecular weight excluding hydrogens is 200 g/mol. The number of benzene rings is 1. The molecule has 1 aromatic carbocycles. The summed E-state index contributed by atoms with van der Waals surface area (Å²) in [7, 11) is 0. The zero-order chi connectivity index (χ0) is 11.8. The first-order valence-electron chi connectivity index (χ1n) is 5.46. The van der Waals surface area contributed by atoms with Crippen molar-refractivity contribution in [3.63, 3.8) is 0 Å². The second-order valence-electron chi connectivity index (χ2n) is 3.68. The number of ketones is 1. The minimum absolute atomic E-state index is 0.0317. The van der Waals surface area contributed by atoms with Gasteiger partial charge in [0, 0.05) is 12.0 Å². The molecule has 0 saturated carbocycles. The molecule has 1 rings (SSSR count). The van der Waals surface area contributed by atoms with Crippen LogP contribution >= 0.6 is 0 Å². The summed E-state index contributed by atoms with van der Waals surface area (Å²) in [5, 5.41) is 0. The molecule has 0 heterocycles. The van der Waals surface area contributed by atoms with Crippen LogP contribution in [-0.2, 0) is 4.79 Å². The number of hydrogen-bond acceptors (Lipinski definition) is 2. The van der Waals surface area contributed by atoms with E-state index in [0.29, 0.717) is 6.42 Å². The molecule has 0 spiro atoms. The van der Waals surface area contributed by atoms with Crippen molar-refractivity contribution in [2.45, 2.75) is 26.2 Å². The van der Waals surface area contributed by atoms with Gasteiger partial charge in [-0.15, -0.1) is 0 Å². The van der Waals surface area contributed by atoms with Crippen LogP contribution in [0.3, 0.4) is 0 Å². The normalized spacial score (nSPS) is 10.6. The molecular formula is C14H16O2. The van der Waals surface area contributed by atoms with Gasteiger partial charge in [-0.2, -0.15) is 0 Å². The van der Waals surface area contributed by atoms with E-state index in [1.165, 1.54) is 0 Å². The van der Waals surface area contributed by atoms with Crippen LogP contribution in [0.15, 0.2) is 36.4 Å². The van der Waals surface area contributed by atoms with Gasteiger partial charge in [-0.3, -0.25) is 4.79 Å². The van der Waals surface area contributed by atoms with Gasteiger partial charge in [-0.05, 0) is 31.4 Å². The lowest BCUT2D eigenvalue weighted by Crippen LogP contribution is -1.96. The number of carbonyl (C=O) groups excluding carboxylic acids is 2. The second kappa shape index (κ2) is 6.72. The Hall–Kier alpha value is -1.70. The average Bonchev–Trinajstić information content (AvgIpc) is 2.29. The molecule has 0 aliphatic heterocycles. The van der Waals surface area contributed by atoms with E-state index in [0.717, 1.165) is 30.3 Å². The molecule has 0 fully saturated rings. The van der Waals surface area contributed by atoms with Crippen LogP contribution < -0.4 is 0 Å². The van der Waals surface area contributed by atoms with Gasteiger partial charge in [0.05, 0.1) is 0 Å². The van der Waals surface area contributed by atoms with E-state index in [2.05, 4.69) is 0 Å². The monoisotopic (exact) mass is 216 g/mol. The molecule has 0 aliphatic carbocycles. The number of allylic oxidation sites excluding steroid dienone is 2. The van der Waals surface area contributed by atoms with Crippen molar-refractivity contribution < 1.29 is 9.59 Å². The van der Waals surface area contributed by atoms with Crippen molar-refractivity contribution in [3.8, 4) is 0 Å². The van der Waals surface area contributed by atoms with Gasteiger partial charge in [-0.25, -0.2) is 0 Å². The first kappa shape index (κ1) is 12.4. The van der Waals surface area contributed by atoms with E-state index < -0.39 is 0 Å². The van der Waals surface area contributed by atoms with Crippen LogP contribution in [0.4, 0.5) is 0 Å². The van der Waals surface area contributed by atoms with Gasteiger partial charge in [0.2, 0.25) is 0 Å². The van der Waals surface area contributed by atoms with Crippen LogP contribution in [-0.4, -0.2) is 12.1 Å². The van der Waals surface area contributed by atoms with Gasteiger partial charge in [0.15, 0.2) is 5.78 Å². The Balaban J connectivity index is 2.52. The zero-order valence-corrected chi connectivity index (χ0v) is 9.48. The third-order valence-corrected chi connectivity index (χ3v) is 2.37. The standard InChI is InChI=1S/C14H16O2/c1-12-8-5-6-9-13(12)14(16)10-4-2-3-7-11-15/h4-6,8-11H,2-3,7H2,1H3/b10-4+. The predicted molar refractivity (Wildman–Crippen MR) is 64.6 cm³/mol. The summed E-state index contributed by atoms with van der Waals surface area (Å²) < 4.78 is 0. The maximum Gasteiger partial charge on any atom is 0.185 e. The van der Waals surface area contributed by atoms with E-state index in [1.807, 2.05) is 37.3 Å². The first-order valence-corrected chi connectivity index (χ1v) is 5.46. The predicted octanol–water partition coefficient (Wildman–Crippen LogP) is 3.10. The zero-order valence-electron chi connectivity index (χ0n) is 9.48. The lowest BCUT2D eigenvalue weighted by atomic mass is 10.0. The molecule has 0 saturated heterocycles. The Labute approximate surface area is 96.0 Å². The molecule has 0 N–H and O–H groups in total. The highest BCUT2D eigenvalue weighted by molar-refractivity contribution is 6.05. The van der Waals surface area contributed by atoms with E-state index >= 15 is 0 Å². The fraction of sp³-hybridized carbons (Fsp3) is 0.286. The van der Waals surface area contributed by atoms with Crippen molar-refractivity contribution in [1.82, 2.24) is 0 Å². The minimum atomic E-state index is 0.0317. The number of unbranched alkanes of at least 4 members (excludes halogenated alkanes) is 2. The molecule has 2 heteroatoms. The number of carbonyl (C=O) groups is 2. The Morgan fingerprint density at radius 2 is 2.00 bits per heavy atom. The Morgan fingerprint density at radius 3 is 2.69 bits per heavy atom. The van der Waals surface area contributed by atoms with Crippen LogP contribution in [0.25, 0.3) is 0 Å². The number of hydrogen-bond donors (Lipinski definition) is 0. The molecule has 0 unspecified atom stereocenters. The largest absolute Gasteiger partial charge is 0.303 e. The molecule has 0 amide bonds. The highest BCUT2D eigenvalue weighted by Crippen LogP contribution is 2.08. The summed E-state index contributed by atoms with van der Waals surface area (Å²) >= 11 is 0. The van der Waals surface area contributed by atoms with E-state index in [9.17, 15) is 9.59 Å². The fourth-order valence-electron chi connectivity index (χ4n) is 1.45. The van der Waals surface area contributed by atoms with Gasteiger partial charge in [0.25, 0.3) is 0 Å².